The number of phosphoric acid groups is 1. The fourth-order valence-corrected chi connectivity index (χ4v) is 1.79. The molecular formula is C7H9O7P-2. The summed E-state index contributed by atoms with van der Waals surface area (Å²) in [7, 11) is -5.00. The van der Waals surface area contributed by atoms with Crippen molar-refractivity contribution in [2.45, 2.75) is 25.0 Å². The summed E-state index contributed by atoms with van der Waals surface area (Å²) in [5.41, 5.74) is -0.154. The number of phosphoric ester groups is 1. The van der Waals surface area contributed by atoms with Gasteiger partial charge < -0.3 is 29.3 Å². The van der Waals surface area contributed by atoms with Gasteiger partial charge in [-0.05, 0) is 24.5 Å². The van der Waals surface area contributed by atoms with Crippen LogP contribution < -0.4 is 10.00 Å². The molecule has 0 radical (unpaired) electrons. The van der Waals surface area contributed by atoms with Crippen molar-refractivity contribution in [3.05, 3.63) is 11.6 Å². The molecule has 0 saturated carbocycles. The molecule has 7 nitrogen and oxygen atoms in total. The van der Waals surface area contributed by atoms with Gasteiger partial charge in [0.1, 0.15) is 6.10 Å². The highest BCUT2D eigenvalue weighted by Crippen LogP contribution is 2.36. The second-order valence-corrected chi connectivity index (χ2v) is 4.27. The predicted octanol–water partition coefficient (Wildman–Crippen LogP) is -2.34. The SMILES string of the molecule is O=C([O-])C1=C[C@@H](OP(=O)([O-])O)[C@@H](O)CC1. The van der Waals surface area contributed by atoms with Crippen LogP contribution in [-0.4, -0.2) is 28.2 Å². The van der Waals surface area contributed by atoms with Crippen LogP contribution in [0.15, 0.2) is 11.6 Å². The molecule has 86 valence electrons. The van der Waals surface area contributed by atoms with Crippen LogP contribution in [0.5, 0.6) is 0 Å². The molecule has 15 heavy (non-hydrogen) atoms. The van der Waals surface area contributed by atoms with Crippen molar-refractivity contribution in [2.75, 3.05) is 0 Å². The lowest BCUT2D eigenvalue weighted by atomic mass is 9.95. The summed E-state index contributed by atoms with van der Waals surface area (Å²) < 4.78 is 14.5. The van der Waals surface area contributed by atoms with Crippen LogP contribution in [0.25, 0.3) is 0 Å². The summed E-state index contributed by atoms with van der Waals surface area (Å²) in [5, 5.41) is 19.7. The van der Waals surface area contributed by atoms with Gasteiger partial charge in [0.25, 0.3) is 7.82 Å². The van der Waals surface area contributed by atoms with Crippen molar-refractivity contribution in [3.8, 4) is 0 Å². The van der Waals surface area contributed by atoms with Gasteiger partial charge in [0, 0.05) is 0 Å². The summed E-state index contributed by atoms with van der Waals surface area (Å²) in [6, 6.07) is 0. The zero-order valence-electron chi connectivity index (χ0n) is 7.53. The van der Waals surface area contributed by atoms with E-state index in [4.69, 9.17) is 4.89 Å². The Morgan fingerprint density at radius 1 is 1.67 bits per heavy atom. The first kappa shape index (κ1) is 12.4. The van der Waals surface area contributed by atoms with E-state index in [0.29, 0.717) is 0 Å². The first-order valence-corrected chi connectivity index (χ1v) is 5.61. The molecule has 0 spiro atoms. The van der Waals surface area contributed by atoms with E-state index in [-0.39, 0.29) is 18.4 Å². The maximum atomic E-state index is 10.4. The second kappa shape index (κ2) is 4.42. The molecule has 0 heterocycles. The molecule has 0 aliphatic heterocycles. The van der Waals surface area contributed by atoms with E-state index in [9.17, 15) is 24.5 Å². The molecule has 0 saturated heterocycles. The van der Waals surface area contributed by atoms with Gasteiger partial charge in [0.05, 0.1) is 12.1 Å². The van der Waals surface area contributed by atoms with Crippen LogP contribution in [0.3, 0.4) is 0 Å². The first-order valence-electron chi connectivity index (χ1n) is 4.12. The van der Waals surface area contributed by atoms with Crippen molar-refractivity contribution in [1.29, 1.82) is 0 Å². The number of hydrogen-bond donors (Lipinski definition) is 2. The zero-order chi connectivity index (χ0) is 11.6. The minimum atomic E-state index is -5.00. The van der Waals surface area contributed by atoms with Gasteiger partial charge in [-0.25, -0.2) is 0 Å². The van der Waals surface area contributed by atoms with E-state index in [1.54, 1.807) is 0 Å². The lowest BCUT2D eigenvalue weighted by molar-refractivity contribution is -0.299. The highest BCUT2D eigenvalue weighted by atomic mass is 31.2. The van der Waals surface area contributed by atoms with Crippen molar-refractivity contribution in [3.63, 3.8) is 0 Å². The fourth-order valence-electron chi connectivity index (χ4n) is 1.28. The van der Waals surface area contributed by atoms with Crippen molar-refractivity contribution >= 4 is 13.8 Å². The number of carboxylic acids is 1. The summed E-state index contributed by atoms with van der Waals surface area (Å²) >= 11 is 0. The van der Waals surface area contributed by atoms with E-state index in [1.165, 1.54) is 0 Å². The van der Waals surface area contributed by atoms with Crippen molar-refractivity contribution < 1.29 is 33.9 Å². The van der Waals surface area contributed by atoms with E-state index in [1.807, 2.05) is 0 Å². The number of hydrogen-bond acceptors (Lipinski definition) is 6. The number of aliphatic carboxylic acids is 1. The number of rotatable bonds is 3. The third-order valence-electron chi connectivity index (χ3n) is 1.97. The first-order chi connectivity index (χ1) is 6.79. The standard InChI is InChI=1S/C7H11O7P/c8-5-2-1-4(7(9)10)3-6(5)14-15(11,12)13/h3,5-6,8H,1-2H2,(H,9,10)(H2,11,12,13)/p-2/t5-,6+/m0/s1. The smallest absolute Gasteiger partial charge is 0.265 e. The largest absolute Gasteiger partial charge is 0.756 e. The number of carboxylic acid groups (broad SMARTS) is 1. The molecule has 3 atom stereocenters. The number of aliphatic hydroxyl groups is 1. The molecular weight excluding hydrogens is 227 g/mol. The maximum absolute atomic E-state index is 10.4. The monoisotopic (exact) mass is 236 g/mol. The van der Waals surface area contributed by atoms with Crippen LogP contribution in [-0.2, 0) is 13.9 Å². The van der Waals surface area contributed by atoms with E-state index >= 15 is 0 Å². The fraction of sp³-hybridized carbons (Fsp3) is 0.571. The third kappa shape index (κ3) is 3.73. The molecule has 0 aromatic heterocycles. The van der Waals surface area contributed by atoms with Crippen LogP contribution in [0.1, 0.15) is 12.8 Å². The topological polar surface area (TPSA) is 130 Å². The normalized spacial score (nSPS) is 30.5. The van der Waals surface area contributed by atoms with Gasteiger partial charge in [-0.15, -0.1) is 0 Å². The summed E-state index contributed by atoms with van der Waals surface area (Å²) in [4.78, 5) is 29.2. The Labute approximate surface area is 85.2 Å². The Hall–Kier alpha value is -0.720. The lowest BCUT2D eigenvalue weighted by Gasteiger charge is -2.30. The molecule has 1 aliphatic rings. The molecule has 1 aliphatic carbocycles. The second-order valence-electron chi connectivity index (χ2n) is 3.12. The molecule has 0 bridgehead atoms. The highest BCUT2D eigenvalue weighted by Gasteiger charge is 2.26. The molecule has 0 aromatic rings. The van der Waals surface area contributed by atoms with Gasteiger partial charge in [0.15, 0.2) is 0 Å². The maximum Gasteiger partial charge on any atom is 0.265 e. The number of carbonyl (C=O) groups is 1. The number of aliphatic hydroxyl groups excluding tert-OH is 1. The molecule has 2 N–H and O–H groups in total. The highest BCUT2D eigenvalue weighted by molar-refractivity contribution is 7.44. The molecule has 0 aromatic carbocycles. The number of carbonyl (C=O) groups excluding carboxylic acids is 1. The van der Waals surface area contributed by atoms with Gasteiger partial charge in [0.2, 0.25) is 0 Å². The average molecular weight is 236 g/mol. The minimum absolute atomic E-state index is 0.0322. The zero-order valence-corrected chi connectivity index (χ0v) is 8.42. The van der Waals surface area contributed by atoms with Crippen LogP contribution in [0, 0.1) is 0 Å². The van der Waals surface area contributed by atoms with Crippen molar-refractivity contribution in [2.24, 2.45) is 0 Å². The molecule has 0 fully saturated rings. The third-order valence-corrected chi connectivity index (χ3v) is 2.48. The van der Waals surface area contributed by atoms with Gasteiger partial charge in [-0.2, -0.15) is 0 Å². The Balaban J connectivity index is 2.81. The average Bonchev–Trinajstić information content (AvgIpc) is 2.06. The van der Waals surface area contributed by atoms with E-state index in [2.05, 4.69) is 4.52 Å². The van der Waals surface area contributed by atoms with Crippen LogP contribution in [0.4, 0.5) is 0 Å². The molecule has 8 heteroatoms. The van der Waals surface area contributed by atoms with Crippen molar-refractivity contribution in [1.82, 2.24) is 0 Å². The summed E-state index contributed by atoms with van der Waals surface area (Å²) in [6.07, 6.45) is -1.52. The van der Waals surface area contributed by atoms with E-state index in [0.717, 1.165) is 6.08 Å². The lowest BCUT2D eigenvalue weighted by Crippen LogP contribution is -2.35. The van der Waals surface area contributed by atoms with Crippen LogP contribution >= 0.6 is 7.82 Å². The Kier molecular flexibility index (Phi) is 3.64. The predicted molar refractivity (Wildman–Crippen MR) is 43.0 cm³/mol. The van der Waals surface area contributed by atoms with Gasteiger partial charge in [-0.1, -0.05) is 0 Å². The molecule has 1 unspecified atom stereocenters. The summed E-state index contributed by atoms with van der Waals surface area (Å²) in [5.74, 6) is -1.45. The summed E-state index contributed by atoms with van der Waals surface area (Å²) in [6.45, 7) is 0. The van der Waals surface area contributed by atoms with Crippen LogP contribution in [0.2, 0.25) is 0 Å². The Bertz CT molecular complexity index is 330. The quantitative estimate of drug-likeness (QED) is 0.525. The van der Waals surface area contributed by atoms with Gasteiger partial charge in [-0.3, -0.25) is 4.57 Å². The molecule has 0 amide bonds. The molecule has 1 rings (SSSR count). The minimum Gasteiger partial charge on any atom is -0.756 e. The van der Waals surface area contributed by atoms with E-state index < -0.39 is 26.0 Å². The Morgan fingerprint density at radius 3 is 2.73 bits per heavy atom. The Morgan fingerprint density at radius 2 is 2.27 bits per heavy atom. The van der Waals surface area contributed by atoms with Gasteiger partial charge >= 0.3 is 0 Å².